The van der Waals surface area contributed by atoms with Crippen LogP contribution in [0.1, 0.15) is 28.7 Å². The highest BCUT2D eigenvalue weighted by molar-refractivity contribution is 7.89. The van der Waals surface area contributed by atoms with Crippen LogP contribution in [0, 0.1) is 18.3 Å². The second-order valence-corrected chi connectivity index (χ2v) is 8.22. The number of aromatic nitrogens is 2. The second kappa shape index (κ2) is 7.42. The Bertz CT molecular complexity index is 1020. The molecule has 3 rings (SSSR count). The summed E-state index contributed by atoms with van der Waals surface area (Å²) in [6.07, 6.45) is 0. The van der Waals surface area contributed by atoms with Gasteiger partial charge in [-0.05, 0) is 32.0 Å². The van der Waals surface area contributed by atoms with Crippen molar-refractivity contribution < 1.29 is 13.2 Å². The van der Waals surface area contributed by atoms with E-state index in [1.54, 1.807) is 25.1 Å². The first-order chi connectivity index (χ1) is 12.8. The second-order valence-electron chi connectivity index (χ2n) is 6.28. The van der Waals surface area contributed by atoms with Gasteiger partial charge in [0.25, 0.3) is 0 Å². The van der Waals surface area contributed by atoms with Gasteiger partial charge < -0.3 is 4.90 Å². The Morgan fingerprint density at radius 1 is 1.15 bits per heavy atom. The standard InChI is InChI=1S/C18H19N5O3S/c1-13-10-16(12-19)21-18(20-13)22-6-8-23(9-7-22)27(25,26)17-5-3-4-15(11-17)14(2)24/h3-5,10-11H,6-9H2,1-2H3. The molecule has 1 aliphatic rings. The summed E-state index contributed by atoms with van der Waals surface area (Å²) in [6, 6.07) is 9.69. The molecule has 0 atom stereocenters. The van der Waals surface area contributed by atoms with Gasteiger partial charge >= 0.3 is 0 Å². The molecule has 0 unspecified atom stereocenters. The number of sulfonamides is 1. The van der Waals surface area contributed by atoms with E-state index < -0.39 is 10.0 Å². The largest absolute Gasteiger partial charge is 0.338 e. The summed E-state index contributed by atoms with van der Waals surface area (Å²) in [6.45, 7) is 4.56. The lowest BCUT2D eigenvalue weighted by Crippen LogP contribution is -2.49. The Morgan fingerprint density at radius 3 is 2.48 bits per heavy atom. The van der Waals surface area contributed by atoms with Gasteiger partial charge in [0.05, 0.1) is 4.90 Å². The molecule has 0 amide bonds. The van der Waals surface area contributed by atoms with Crippen molar-refractivity contribution in [2.45, 2.75) is 18.7 Å². The summed E-state index contributed by atoms with van der Waals surface area (Å²) in [5.41, 5.74) is 1.34. The fourth-order valence-corrected chi connectivity index (χ4v) is 4.37. The number of Topliss-reactive ketones (excluding diaryl/α,β-unsaturated/α-hetero) is 1. The molecule has 140 valence electrons. The van der Waals surface area contributed by atoms with Crippen LogP contribution in [-0.4, -0.2) is 54.7 Å². The quantitative estimate of drug-likeness (QED) is 0.732. The molecular weight excluding hydrogens is 366 g/mol. The fraction of sp³-hybridized carbons (Fsp3) is 0.333. The van der Waals surface area contributed by atoms with Crippen LogP contribution < -0.4 is 4.90 Å². The summed E-state index contributed by atoms with van der Waals surface area (Å²) in [5, 5.41) is 9.05. The molecule has 0 saturated carbocycles. The summed E-state index contributed by atoms with van der Waals surface area (Å²) in [4.78, 5) is 22.0. The molecular formula is C18H19N5O3S. The Morgan fingerprint density at radius 2 is 1.85 bits per heavy atom. The van der Waals surface area contributed by atoms with Crippen molar-refractivity contribution in [2.75, 3.05) is 31.1 Å². The van der Waals surface area contributed by atoms with Gasteiger partial charge in [-0.3, -0.25) is 4.79 Å². The maximum atomic E-state index is 12.9. The molecule has 1 saturated heterocycles. The van der Waals surface area contributed by atoms with E-state index in [-0.39, 0.29) is 29.5 Å². The van der Waals surface area contributed by atoms with Gasteiger partial charge in [-0.25, -0.2) is 18.4 Å². The van der Waals surface area contributed by atoms with Crippen LogP contribution in [-0.2, 0) is 10.0 Å². The summed E-state index contributed by atoms with van der Waals surface area (Å²) < 4.78 is 27.2. The number of hydrogen-bond donors (Lipinski definition) is 0. The van der Waals surface area contributed by atoms with E-state index in [4.69, 9.17) is 5.26 Å². The van der Waals surface area contributed by atoms with Crippen molar-refractivity contribution in [3.05, 3.63) is 47.3 Å². The molecule has 1 fully saturated rings. The molecule has 2 aromatic rings. The van der Waals surface area contributed by atoms with Crippen LogP contribution in [0.4, 0.5) is 5.95 Å². The Kier molecular flexibility index (Phi) is 5.21. The minimum Gasteiger partial charge on any atom is -0.338 e. The highest BCUT2D eigenvalue weighted by atomic mass is 32.2. The van der Waals surface area contributed by atoms with Crippen molar-refractivity contribution in [1.29, 1.82) is 5.26 Å². The Hall–Kier alpha value is -2.83. The summed E-state index contributed by atoms with van der Waals surface area (Å²) in [5.74, 6) is 0.254. The summed E-state index contributed by atoms with van der Waals surface area (Å²) >= 11 is 0. The minimum atomic E-state index is -3.68. The Labute approximate surface area is 158 Å². The van der Waals surface area contributed by atoms with Crippen LogP contribution in [0.2, 0.25) is 0 Å². The van der Waals surface area contributed by atoms with E-state index in [0.717, 1.165) is 0 Å². The van der Waals surface area contributed by atoms with Crippen molar-refractivity contribution >= 4 is 21.8 Å². The lowest BCUT2D eigenvalue weighted by Gasteiger charge is -2.34. The first kappa shape index (κ1) is 18.9. The molecule has 9 heteroatoms. The molecule has 0 N–H and O–H groups in total. The first-order valence-corrected chi connectivity index (χ1v) is 9.87. The maximum Gasteiger partial charge on any atom is 0.243 e. The van der Waals surface area contributed by atoms with Gasteiger partial charge in [0.2, 0.25) is 16.0 Å². The zero-order valence-electron chi connectivity index (χ0n) is 15.1. The normalized spacial score (nSPS) is 15.4. The third kappa shape index (κ3) is 3.97. The zero-order chi connectivity index (χ0) is 19.6. The molecule has 0 radical (unpaired) electrons. The van der Waals surface area contributed by atoms with E-state index in [1.165, 1.54) is 23.4 Å². The predicted octanol–water partition coefficient (Wildman–Crippen LogP) is 1.37. The smallest absolute Gasteiger partial charge is 0.243 e. The molecule has 0 bridgehead atoms. The number of piperazine rings is 1. The third-order valence-corrected chi connectivity index (χ3v) is 6.25. The molecule has 0 spiro atoms. The number of carbonyl (C=O) groups is 1. The molecule has 0 aliphatic carbocycles. The number of carbonyl (C=O) groups excluding carboxylic acids is 1. The monoisotopic (exact) mass is 385 g/mol. The van der Waals surface area contributed by atoms with Crippen molar-refractivity contribution in [3.63, 3.8) is 0 Å². The van der Waals surface area contributed by atoms with Gasteiger partial charge in [-0.15, -0.1) is 0 Å². The number of rotatable bonds is 4. The van der Waals surface area contributed by atoms with Crippen molar-refractivity contribution in [1.82, 2.24) is 14.3 Å². The lowest BCUT2D eigenvalue weighted by atomic mass is 10.2. The molecule has 1 aromatic carbocycles. The Balaban J connectivity index is 1.77. The topological polar surface area (TPSA) is 107 Å². The number of anilines is 1. The average Bonchev–Trinajstić information content (AvgIpc) is 2.67. The lowest BCUT2D eigenvalue weighted by molar-refractivity contribution is 0.101. The molecule has 8 nitrogen and oxygen atoms in total. The van der Waals surface area contributed by atoms with Crippen LogP contribution >= 0.6 is 0 Å². The van der Waals surface area contributed by atoms with Gasteiger partial charge in [-0.1, -0.05) is 12.1 Å². The number of ketones is 1. The molecule has 1 aromatic heterocycles. The predicted molar refractivity (Wildman–Crippen MR) is 98.9 cm³/mol. The van der Waals surface area contributed by atoms with Gasteiger partial charge in [0.15, 0.2) is 5.78 Å². The highest BCUT2D eigenvalue weighted by Crippen LogP contribution is 2.21. The maximum absolute atomic E-state index is 12.9. The minimum absolute atomic E-state index is 0.113. The highest BCUT2D eigenvalue weighted by Gasteiger charge is 2.29. The van der Waals surface area contributed by atoms with E-state index in [1.807, 2.05) is 11.0 Å². The fourth-order valence-electron chi connectivity index (χ4n) is 2.90. The SMILES string of the molecule is CC(=O)c1cccc(S(=O)(=O)N2CCN(c3nc(C)cc(C#N)n3)CC2)c1. The van der Waals surface area contributed by atoms with Gasteiger partial charge in [0.1, 0.15) is 11.8 Å². The van der Waals surface area contributed by atoms with Crippen molar-refractivity contribution in [2.24, 2.45) is 0 Å². The number of nitrogens with zero attached hydrogens (tertiary/aromatic N) is 5. The van der Waals surface area contributed by atoms with Crippen molar-refractivity contribution in [3.8, 4) is 6.07 Å². The van der Waals surface area contributed by atoms with E-state index in [9.17, 15) is 13.2 Å². The number of aryl methyl sites for hydroxylation is 1. The zero-order valence-corrected chi connectivity index (χ0v) is 15.9. The molecule has 27 heavy (non-hydrogen) atoms. The third-order valence-electron chi connectivity index (χ3n) is 4.36. The first-order valence-electron chi connectivity index (χ1n) is 8.43. The average molecular weight is 385 g/mol. The molecule has 2 heterocycles. The van der Waals surface area contributed by atoms with Gasteiger partial charge in [-0.2, -0.15) is 9.57 Å². The van der Waals surface area contributed by atoms with E-state index >= 15 is 0 Å². The van der Waals surface area contributed by atoms with E-state index in [0.29, 0.717) is 30.3 Å². The van der Waals surface area contributed by atoms with Gasteiger partial charge in [0, 0.05) is 37.4 Å². The van der Waals surface area contributed by atoms with E-state index in [2.05, 4.69) is 9.97 Å². The van der Waals surface area contributed by atoms with Crippen LogP contribution in [0.25, 0.3) is 0 Å². The number of benzene rings is 1. The van der Waals surface area contributed by atoms with Crippen LogP contribution in [0.5, 0.6) is 0 Å². The van der Waals surface area contributed by atoms with Crippen LogP contribution in [0.3, 0.4) is 0 Å². The number of hydrogen-bond acceptors (Lipinski definition) is 7. The summed E-state index contributed by atoms with van der Waals surface area (Å²) in [7, 11) is -3.68. The van der Waals surface area contributed by atoms with Crippen LogP contribution in [0.15, 0.2) is 35.2 Å². The number of nitriles is 1. The molecule has 1 aliphatic heterocycles.